The molecule has 1 unspecified atom stereocenters. The zero-order valence-electron chi connectivity index (χ0n) is 10.1. The van der Waals surface area contributed by atoms with Crippen LogP contribution in [0.1, 0.15) is 13.3 Å². The first-order valence-corrected chi connectivity index (χ1v) is 5.64. The van der Waals surface area contributed by atoms with Gasteiger partial charge in [-0.25, -0.2) is 8.78 Å². The van der Waals surface area contributed by atoms with Crippen molar-refractivity contribution in [2.24, 2.45) is 5.73 Å². The average Bonchev–Trinajstić information content (AvgIpc) is 2.34. The van der Waals surface area contributed by atoms with Crippen molar-refractivity contribution < 1.29 is 18.3 Å². The molecular weight excluding hydrogens is 242 g/mol. The SMILES string of the molecule is CC(Oc1ccc(F)c(F)c1)C(=O)NCCCN. The van der Waals surface area contributed by atoms with Crippen LogP contribution >= 0.6 is 0 Å². The van der Waals surface area contributed by atoms with E-state index in [0.717, 1.165) is 12.1 Å². The summed E-state index contributed by atoms with van der Waals surface area (Å²) in [6, 6.07) is 3.12. The number of halogens is 2. The van der Waals surface area contributed by atoms with Crippen LogP contribution in [0.25, 0.3) is 0 Å². The van der Waals surface area contributed by atoms with Crippen LogP contribution < -0.4 is 15.8 Å². The summed E-state index contributed by atoms with van der Waals surface area (Å²) in [5, 5.41) is 2.62. The molecule has 1 atom stereocenters. The summed E-state index contributed by atoms with van der Waals surface area (Å²) in [4.78, 5) is 11.5. The topological polar surface area (TPSA) is 64.3 Å². The predicted octanol–water partition coefficient (Wildman–Crippen LogP) is 1.20. The summed E-state index contributed by atoms with van der Waals surface area (Å²) >= 11 is 0. The maximum atomic E-state index is 12.9. The molecule has 100 valence electrons. The summed E-state index contributed by atoms with van der Waals surface area (Å²) in [5.74, 6) is -2.19. The highest BCUT2D eigenvalue weighted by atomic mass is 19.2. The van der Waals surface area contributed by atoms with Gasteiger partial charge in [0.05, 0.1) is 0 Å². The van der Waals surface area contributed by atoms with Gasteiger partial charge in [0.1, 0.15) is 5.75 Å². The van der Waals surface area contributed by atoms with Gasteiger partial charge in [-0.1, -0.05) is 0 Å². The molecular formula is C12H16F2N2O2. The summed E-state index contributed by atoms with van der Waals surface area (Å²) in [6.45, 7) is 2.47. The zero-order valence-corrected chi connectivity index (χ0v) is 10.1. The minimum Gasteiger partial charge on any atom is -0.481 e. The highest BCUT2D eigenvalue weighted by Crippen LogP contribution is 2.16. The summed E-state index contributed by atoms with van der Waals surface area (Å²) in [5.41, 5.74) is 5.29. The van der Waals surface area contributed by atoms with Gasteiger partial charge in [0.25, 0.3) is 5.91 Å². The minimum absolute atomic E-state index is 0.107. The molecule has 0 aliphatic carbocycles. The Hall–Kier alpha value is -1.69. The fourth-order valence-corrected chi connectivity index (χ4v) is 1.27. The number of carbonyl (C=O) groups excluding carboxylic acids is 1. The normalized spacial score (nSPS) is 12.0. The third-order valence-corrected chi connectivity index (χ3v) is 2.25. The van der Waals surface area contributed by atoms with Crippen LogP contribution in [0.2, 0.25) is 0 Å². The average molecular weight is 258 g/mol. The predicted molar refractivity (Wildman–Crippen MR) is 63.1 cm³/mol. The molecule has 3 N–H and O–H groups in total. The lowest BCUT2D eigenvalue weighted by atomic mass is 10.3. The number of carbonyl (C=O) groups is 1. The van der Waals surface area contributed by atoms with Crippen LogP contribution in [0, 0.1) is 11.6 Å². The van der Waals surface area contributed by atoms with Crippen molar-refractivity contribution >= 4 is 5.91 Å². The number of nitrogens with two attached hydrogens (primary N) is 1. The van der Waals surface area contributed by atoms with Crippen molar-refractivity contribution in [1.29, 1.82) is 0 Å². The molecule has 0 saturated heterocycles. The van der Waals surface area contributed by atoms with Crippen LogP contribution in [0.15, 0.2) is 18.2 Å². The Morgan fingerprint density at radius 3 is 2.78 bits per heavy atom. The van der Waals surface area contributed by atoms with Crippen LogP contribution in [-0.4, -0.2) is 25.1 Å². The van der Waals surface area contributed by atoms with E-state index in [1.54, 1.807) is 0 Å². The van der Waals surface area contributed by atoms with E-state index in [0.29, 0.717) is 19.5 Å². The number of rotatable bonds is 6. The van der Waals surface area contributed by atoms with E-state index < -0.39 is 17.7 Å². The molecule has 1 aromatic carbocycles. The molecule has 0 fully saturated rings. The first-order chi connectivity index (χ1) is 8.54. The highest BCUT2D eigenvalue weighted by Gasteiger charge is 2.14. The van der Waals surface area contributed by atoms with Crippen LogP contribution in [0.4, 0.5) is 8.78 Å². The van der Waals surface area contributed by atoms with Crippen molar-refractivity contribution in [3.8, 4) is 5.75 Å². The van der Waals surface area contributed by atoms with Crippen molar-refractivity contribution in [3.05, 3.63) is 29.8 Å². The van der Waals surface area contributed by atoms with E-state index in [2.05, 4.69) is 5.32 Å². The number of amides is 1. The van der Waals surface area contributed by atoms with E-state index in [1.165, 1.54) is 13.0 Å². The minimum atomic E-state index is -1.01. The second-order valence-corrected chi connectivity index (χ2v) is 3.77. The van der Waals surface area contributed by atoms with Crippen LogP contribution in [0.5, 0.6) is 5.75 Å². The second-order valence-electron chi connectivity index (χ2n) is 3.77. The Labute approximate surface area is 104 Å². The lowest BCUT2D eigenvalue weighted by Gasteiger charge is -2.14. The highest BCUT2D eigenvalue weighted by molar-refractivity contribution is 5.80. The van der Waals surface area contributed by atoms with E-state index >= 15 is 0 Å². The molecule has 0 spiro atoms. The van der Waals surface area contributed by atoms with Gasteiger partial charge < -0.3 is 15.8 Å². The lowest BCUT2D eigenvalue weighted by Crippen LogP contribution is -2.37. The fraction of sp³-hybridized carbons (Fsp3) is 0.417. The summed E-state index contributed by atoms with van der Waals surface area (Å²) in [7, 11) is 0. The van der Waals surface area contributed by atoms with Crippen LogP contribution in [0.3, 0.4) is 0 Å². The largest absolute Gasteiger partial charge is 0.481 e. The smallest absolute Gasteiger partial charge is 0.260 e. The maximum absolute atomic E-state index is 12.9. The van der Waals surface area contributed by atoms with Gasteiger partial charge in [-0.3, -0.25) is 4.79 Å². The molecule has 1 rings (SSSR count). The van der Waals surface area contributed by atoms with Gasteiger partial charge in [-0.05, 0) is 32.0 Å². The standard InChI is InChI=1S/C12H16F2N2O2/c1-8(12(17)16-6-2-5-15)18-9-3-4-10(13)11(14)7-9/h3-4,7-8H,2,5-6,15H2,1H3,(H,16,17). The molecule has 18 heavy (non-hydrogen) atoms. The van der Waals surface area contributed by atoms with Gasteiger partial charge in [-0.15, -0.1) is 0 Å². The zero-order chi connectivity index (χ0) is 13.5. The van der Waals surface area contributed by atoms with Gasteiger partial charge in [0, 0.05) is 12.6 Å². The molecule has 0 saturated carbocycles. The monoisotopic (exact) mass is 258 g/mol. The molecule has 6 heteroatoms. The quantitative estimate of drug-likeness (QED) is 0.753. The van der Waals surface area contributed by atoms with Gasteiger partial charge in [-0.2, -0.15) is 0 Å². The molecule has 0 aliphatic heterocycles. The summed E-state index contributed by atoms with van der Waals surface area (Å²) in [6.07, 6.45) is -0.114. The Morgan fingerprint density at radius 2 is 2.17 bits per heavy atom. The molecule has 0 radical (unpaired) electrons. The molecule has 0 heterocycles. The second kappa shape index (κ2) is 6.90. The Bertz CT molecular complexity index is 413. The van der Waals surface area contributed by atoms with Gasteiger partial charge in [0.15, 0.2) is 17.7 Å². The first kappa shape index (κ1) is 14.4. The molecule has 1 aromatic rings. The Morgan fingerprint density at radius 1 is 1.44 bits per heavy atom. The number of hydrogen-bond donors (Lipinski definition) is 2. The van der Waals surface area contributed by atoms with E-state index in [-0.39, 0.29) is 11.7 Å². The Balaban J connectivity index is 2.50. The number of nitrogens with one attached hydrogen (secondary N) is 1. The number of hydrogen-bond acceptors (Lipinski definition) is 3. The molecule has 0 bridgehead atoms. The number of benzene rings is 1. The van der Waals surface area contributed by atoms with Crippen molar-refractivity contribution in [2.75, 3.05) is 13.1 Å². The van der Waals surface area contributed by atoms with Crippen molar-refractivity contribution in [1.82, 2.24) is 5.32 Å². The van der Waals surface area contributed by atoms with E-state index in [4.69, 9.17) is 10.5 Å². The number of ether oxygens (including phenoxy) is 1. The molecule has 0 aliphatic rings. The Kier molecular flexibility index (Phi) is 5.51. The van der Waals surface area contributed by atoms with Gasteiger partial charge in [0.2, 0.25) is 0 Å². The van der Waals surface area contributed by atoms with E-state index in [9.17, 15) is 13.6 Å². The maximum Gasteiger partial charge on any atom is 0.260 e. The fourth-order valence-electron chi connectivity index (χ4n) is 1.27. The van der Waals surface area contributed by atoms with Crippen molar-refractivity contribution in [2.45, 2.75) is 19.4 Å². The van der Waals surface area contributed by atoms with Gasteiger partial charge >= 0.3 is 0 Å². The van der Waals surface area contributed by atoms with Crippen LogP contribution in [-0.2, 0) is 4.79 Å². The van der Waals surface area contributed by atoms with E-state index in [1.807, 2.05) is 0 Å². The molecule has 4 nitrogen and oxygen atoms in total. The third kappa shape index (κ3) is 4.29. The third-order valence-electron chi connectivity index (χ3n) is 2.25. The van der Waals surface area contributed by atoms with Crippen molar-refractivity contribution in [3.63, 3.8) is 0 Å². The first-order valence-electron chi connectivity index (χ1n) is 5.64. The summed E-state index contributed by atoms with van der Waals surface area (Å²) < 4.78 is 30.8. The lowest BCUT2D eigenvalue weighted by molar-refractivity contribution is -0.127. The molecule has 1 amide bonds. The molecule has 0 aromatic heterocycles.